The quantitative estimate of drug-likeness (QED) is 0.345. The van der Waals surface area contributed by atoms with Gasteiger partial charge in [0.15, 0.2) is 0 Å². The van der Waals surface area contributed by atoms with Crippen molar-refractivity contribution in [2.75, 3.05) is 0 Å². The number of hydrogen-bond acceptors (Lipinski definition) is 0. The predicted molar refractivity (Wildman–Crippen MR) is 123 cm³/mol. The first-order valence-electron chi connectivity index (χ1n) is 11.3. The van der Waals surface area contributed by atoms with Crippen molar-refractivity contribution >= 4 is 21.8 Å². The lowest BCUT2D eigenvalue weighted by Gasteiger charge is -2.24. The molecule has 2 aromatic heterocycles. The SMILES string of the molecule is Cn1cc(C(CCC2CCCCC2)c2cn(C)c3ccccc23)c2ccccc21. The maximum absolute atomic E-state index is 2.39. The lowest BCUT2D eigenvalue weighted by Crippen LogP contribution is -2.09. The number of fused-ring (bicyclic) bond motifs is 2. The molecule has 1 aliphatic carbocycles. The first-order valence-corrected chi connectivity index (χ1v) is 11.3. The van der Waals surface area contributed by atoms with Gasteiger partial charge in [-0.15, -0.1) is 0 Å². The van der Waals surface area contributed by atoms with E-state index in [4.69, 9.17) is 0 Å². The monoisotopic (exact) mass is 384 g/mol. The summed E-state index contributed by atoms with van der Waals surface area (Å²) in [4.78, 5) is 0. The summed E-state index contributed by atoms with van der Waals surface area (Å²) in [5.74, 6) is 1.37. The van der Waals surface area contributed by atoms with Gasteiger partial charge in [0.25, 0.3) is 0 Å². The molecule has 150 valence electrons. The van der Waals surface area contributed by atoms with Crippen LogP contribution in [0.15, 0.2) is 60.9 Å². The van der Waals surface area contributed by atoms with Crippen molar-refractivity contribution in [1.29, 1.82) is 0 Å². The van der Waals surface area contributed by atoms with Crippen molar-refractivity contribution in [2.45, 2.75) is 50.9 Å². The Bertz CT molecular complexity index is 1040. The number of nitrogens with zero attached hydrogens (tertiary/aromatic N) is 2. The van der Waals surface area contributed by atoms with Crippen LogP contribution in [0, 0.1) is 5.92 Å². The Morgan fingerprint density at radius 2 is 1.28 bits per heavy atom. The van der Waals surface area contributed by atoms with Crippen LogP contribution in [-0.2, 0) is 14.1 Å². The van der Waals surface area contributed by atoms with E-state index in [1.807, 2.05) is 0 Å². The van der Waals surface area contributed by atoms with Gasteiger partial charge < -0.3 is 9.13 Å². The molecule has 0 spiro atoms. The van der Waals surface area contributed by atoms with E-state index in [0.717, 1.165) is 5.92 Å². The van der Waals surface area contributed by atoms with Crippen LogP contribution in [0.3, 0.4) is 0 Å². The van der Waals surface area contributed by atoms with Crippen LogP contribution in [0.2, 0.25) is 0 Å². The Hall–Kier alpha value is -2.48. The average Bonchev–Trinajstić information content (AvgIpc) is 3.27. The predicted octanol–water partition coefficient (Wildman–Crippen LogP) is 7.16. The van der Waals surface area contributed by atoms with E-state index < -0.39 is 0 Å². The standard InChI is InChI=1S/C27H32N2/c1-28-18-24(22-12-6-8-14-26(22)28)21(17-16-20-10-4-3-5-11-20)25-19-29(2)27-15-9-7-13-23(25)27/h6-9,12-15,18-21H,3-5,10-11,16-17H2,1-2H3. The van der Waals surface area contributed by atoms with Crippen molar-refractivity contribution in [2.24, 2.45) is 20.0 Å². The first-order chi connectivity index (χ1) is 14.2. The minimum absolute atomic E-state index is 0.453. The van der Waals surface area contributed by atoms with E-state index in [1.54, 1.807) is 0 Å². The molecule has 29 heavy (non-hydrogen) atoms. The Morgan fingerprint density at radius 1 is 0.759 bits per heavy atom. The molecule has 0 aliphatic heterocycles. The van der Waals surface area contributed by atoms with E-state index >= 15 is 0 Å². The minimum atomic E-state index is 0.453. The molecule has 1 saturated carbocycles. The van der Waals surface area contributed by atoms with Crippen LogP contribution in [-0.4, -0.2) is 9.13 Å². The van der Waals surface area contributed by atoms with Crippen LogP contribution in [0.1, 0.15) is 62.0 Å². The highest BCUT2D eigenvalue weighted by atomic mass is 14.9. The van der Waals surface area contributed by atoms with Crippen molar-refractivity contribution in [1.82, 2.24) is 9.13 Å². The maximum Gasteiger partial charge on any atom is 0.0480 e. The van der Waals surface area contributed by atoms with Crippen molar-refractivity contribution in [3.63, 3.8) is 0 Å². The third kappa shape index (κ3) is 3.39. The third-order valence-electron chi connectivity index (χ3n) is 7.19. The zero-order valence-corrected chi connectivity index (χ0v) is 17.8. The molecule has 5 rings (SSSR count). The normalized spacial score (nSPS) is 15.7. The molecular formula is C27H32N2. The maximum atomic E-state index is 2.39. The van der Waals surface area contributed by atoms with Crippen LogP contribution in [0.5, 0.6) is 0 Å². The zero-order chi connectivity index (χ0) is 19.8. The lowest BCUT2D eigenvalue weighted by atomic mass is 9.80. The summed E-state index contributed by atoms with van der Waals surface area (Å²) >= 11 is 0. The summed E-state index contributed by atoms with van der Waals surface area (Å²) in [6.45, 7) is 0. The van der Waals surface area contributed by atoms with E-state index in [0.29, 0.717) is 5.92 Å². The number of benzene rings is 2. The molecule has 0 amide bonds. The van der Waals surface area contributed by atoms with Crippen LogP contribution in [0.25, 0.3) is 21.8 Å². The molecule has 1 fully saturated rings. The van der Waals surface area contributed by atoms with Gasteiger partial charge in [0.2, 0.25) is 0 Å². The molecule has 2 heterocycles. The molecule has 1 aliphatic rings. The fraction of sp³-hybridized carbons (Fsp3) is 0.407. The molecule has 0 saturated heterocycles. The number of aromatic nitrogens is 2. The second-order valence-corrected chi connectivity index (χ2v) is 9.06. The molecule has 0 unspecified atom stereocenters. The van der Waals surface area contributed by atoms with Gasteiger partial charge >= 0.3 is 0 Å². The summed E-state index contributed by atoms with van der Waals surface area (Å²) in [7, 11) is 4.38. The molecule has 0 N–H and O–H groups in total. The Morgan fingerprint density at radius 3 is 1.83 bits per heavy atom. The van der Waals surface area contributed by atoms with Gasteiger partial charge in [-0.3, -0.25) is 0 Å². The highest BCUT2D eigenvalue weighted by Crippen LogP contribution is 2.41. The number of rotatable bonds is 5. The van der Waals surface area contributed by atoms with Crippen LogP contribution >= 0.6 is 0 Å². The molecule has 2 aromatic carbocycles. The summed E-state index contributed by atoms with van der Waals surface area (Å²) in [6, 6.07) is 17.8. The highest BCUT2D eigenvalue weighted by molar-refractivity contribution is 5.88. The zero-order valence-electron chi connectivity index (χ0n) is 17.8. The summed E-state index contributed by atoms with van der Waals surface area (Å²) < 4.78 is 4.62. The molecule has 0 radical (unpaired) electrons. The Kier molecular flexibility index (Phi) is 4.95. The van der Waals surface area contributed by atoms with Gasteiger partial charge in [0.1, 0.15) is 0 Å². The van der Waals surface area contributed by atoms with E-state index in [-0.39, 0.29) is 0 Å². The Labute approximate surface area is 174 Å². The molecule has 2 heteroatoms. The minimum Gasteiger partial charge on any atom is -0.350 e. The third-order valence-corrected chi connectivity index (χ3v) is 7.19. The molecule has 2 nitrogen and oxygen atoms in total. The number of aryl methyl sites for hydroxylation is 2. The van der Waals surface area contributed by atoms with Gasteiger partial charge in [-0.05, 0) is 42.0 Å². The van der Waals surface area contributed by atoms with Crippen molar-refractivity contribution < 1.29 is 0 Å². The molecular weight excluding hydrogens is 352 g/mol. The smallest absolute Gasteiger partial charge is 0.0480 e. The van der Waals surface area contributed by atoms with Crippen molar-refractivity contribution in [3.05, 3.63) is 72.1 Å². The molecule has 0 bridgehead atoms. The topological polar surface area (TPSA) is 9.86 Å². The van der Waals surface area contributed by atoms with Gasteiger partial charge in [-0.2, -0.15) is 0 Å². The Balaban J connectivity index is 1.60. The van der Waals surface area contributed by atoms with Gasteiger partial charge in [-0.25, -0.2) is 0 Å². The van der Waals surface area contributed by atoms with Gasteiger partial charge in [0, 0.05) is 54.2 Å². The highest BCUT2D eigenvalue weighted by Gasteiger charge is 2.24. The lowest BCUT2D eigenvalue weighted by molar-refractivity contribution is 0.328. The number of para-hydroxylation sites is 2. The van der Waals surface area contributed by atoms with E-state index in [9.17, 15) is 0 Å². The van der Waals surface area contributed by atoms with Gasteiger partial charge in [0.05, 0.1) is 0 Å². The van der Waals surface area contributed by atoms with Gasteiger partial charge in [-0.1, -0.05) is 68.5 Å². The van der Waals surface area contributed by atoms with E-state index in [2.05, 4.69) is 84.2 Å². The largest absolute Gasteiger partial charge is 0.350 e. The van der Waals surface area contributed by atoms with Crippen LogP contribution in [0.4, 0.5) is 0 Å². The van der Waals surface area contributed by atoms with Crippen LogP contribution < -0.4 is 0 Å². The average molecular weight is 385 g/mol. The number of hydrogen-bond donors (Lipinski definition) is 0. The molecule has 4 aromatic rings. The summed E-state index contributed by atoms with van der Waals surface area (Å²) in [5, 5.41) is 2.83. The molecule has 0 atom stereocenters. The fourth-order valence-electron chi connectivity index (χ4n) is 5.66. The van der Waals surface area contributed by atoms with E-state index in [1.165, 1.54) is 77.9 Å². The second kappa shape index (κ2) is 7.74. The summed E-state index contributed by atoms with van der Waals surface area (Å²) in [5.41, 5.74) is 5.67. The van der Waals surface area contributed by atoms with Crippen molar-refractivity contribution in [3.8, 4) is 0 Å². The fourth-order valence-corrected chi connectivity index (χ4v) is 5.66. The first kappa shape index (κ1) is 18.5. The summed E-state index contributed by atoms with van der Waals surface area (Å²) in [6.07, 6.45) is 14.5. The second-order valence-electron chi connectivity index (χ2n) is 9.06.